The highest BCUT2D eigenvalue weighted by atomic mass is 19.4. The summed E-state index contributed by atoms with van der Waals surface area (Å²) >= 11 is 0. The van der Waals surface area contributed by atoms with Gasteiger partial charge in [0.2, 0.25) is 0 Å². The van der Waals surface area contributed by atoms with Gasteiger partial charge in [-0.2, -0.15) is 13.2 Å². The van der Waals surface area contributed by atoms with E-state index in [0.29, 0.717) is 31.6 Å². The number of halogens is 3. The normalized spacial score (nSPS) is 17.3. The monoisotopic (exact) mass is 287 g/mol. The predicted octanol–water partition coefficient (Wildman–Crippen LogP) is 1.95. The van der Waals surface area contributed by atoms with Crippen LogP contribution in [0.4, 0.5) is 18.9 Å². The predicted molar refractivity (Wildman–Crippen MR) is 69.9 cm³/mol. The molecule has 0 saturated carbocycles. The number of hydrogen-bond acceptors (Lipinski definition) is 3. The van der Waals surface area contributed by atoms with E-state index < -0.39 is 17.6 Å². The Morgan fingerprint density at radius 3 is 2.40 bits per heavy atom. The fourth-order valence-electron chi connectivity index (χ4n) is 2.32. The summed E-state index contributed by atoms with van der Waals surface area (Å²) in [5.41, 5.74) is 4.65. The van der Waals surface area contributed by atoms with E-state index in [9.17, 15) is 18.3 Å². The number of aliphatic hydroxyl groups excluding tert-OH is 1. The molecule has 4 N–H and O–H groups in total. The SMILES string of the molecule is N=C(N)c1cc(N2CCC(O)CC2)ccc1C(F)(F)F. The third-order valence-electron chi connectivity index (χ3n) is 3.43. The van der Waals surface area contributed by atoms with E-state index in [1.807, 2.05) is 4.90 Å². The third kappa shape index (κ3) is 3.04. The summed E-state index contributed by atoms with van der Waals surface area (Å²) in [7, 11) is 0. The van der Waals surface area contributed by atoms with E-state index in [1.54, 1.807) is 0 Å². The molecule has 1 aliphatic rings. The summed E-state index contributed by atoms with van der Waals surface area (Å²) in [6, 6.07) is 3.63. The fraction of sp³-hybridized carbons (Fsp3) is 0.462. The Bertz CT molecular complexity index is 508. The molecule has 0 spiro atoms. The van der Waals surface area contributed by atoms with Crippen molar-refractivity contribution in [1.82, 2.24) is 0 Å². The summed E-state index contributed by atoms with van der Waals surface area (Å²) in [6.07, 6.45) is -3.72. The van der Waals surface area contributed by atoms with Crippen LogP contribution in [0.2, 0.25) is 0 Å². The van der Waals surface area contributed by atoms with Crippen LogP contribution in [0.5, 0.6) is 0 Å². The average Bonchev–Trinajstić information content (AvgIpc) is 2.37. The van der Waals surface area contributed by atoms with Crippen LogP contribution in [-0.2, 0) is 6.18 Å². The van der Waals surface area contributed by atoms with Crippen LogP contribution in [0.1, 0.15) is 24.0 Å². The summed E-state index contributed by atoms with van der Waals surface area (Å²) < 4.78 is 38.5. The highest BCUT2D eigenvalue weighted by Gasteiger charge is 2.34. The van der Waals surface area contributed by atoms with Crippen LogP contribution in [0.3, 0.4) is 0 Å². The zero-order valence-electron chi connectivity index (χ0n) is 10.7. The van der Waals surface area contributed by atoms with Gasteiger partial charge < -0.3 is 15.7 Å². The zero-order valence-corrected chi connectivity index (χ0v) is 10.7. The second kappa shape index (κ2) is 5.32. The summed E-state index contributed by atoms with van der Waals surface area (Å²) in [6.45, 7) is 1.15. The number of alkyl halides is 3. The molecule has 1 aliphatic heterocycles. The highest BCUT2D eigenvalue weighted by molar-refractivity contribution is 5.97. The topological polar surface area (TPSA) is 73.3 Å². The molecule has 7 heteroatoms. The molecule has 1 heterocycles. The van der Waals surface area contributed by atoms with Gasteiger partial charge in [-0.1, -0.05) is 0 Å². The molecule has 20 heavy (non-hydrogen) atoms. The number of nitrogens with one attached hydrogen (secondary N) is 1. The van der Waals surface area contributed by atoms with Gasteiger partial charge in [0.1, 0.15) is 5.84 Å². The first-order valence-electron chi connectivity index (χ1n) is 6.27. The van der Waals surface area contributed by atoms with Gasteiger partial charge in [-0.3, -0.25) is 5.41 Å². The fourth-order valence-corrected chi connectivity index (χ4v) is 2.32. The molecule has 0 aliphatic carbocycles. The minimum atomic E-state index is -4.53. The molecular weight excluding hydrogens is 271 g/mol. The number of nitrogen functional groups attached to an aromatic ring is 1. The van der Waals surface area contributed by atoms with E-state index in [2.05, 4.69) is 0 Å². The maximum absolute atomic E-state index is 12.8. The Morgan fingerprint density at radius 1 is 1.30 bits per heavy atom. The number of anilines is 1. The summed E-state index contributed by atoms with van der Waals surface area (Å²) in [5.74, 6) is -0.601. The number of piperidine rings is 1. The number of nitrogens with two attached hydrogens (primary N) is 1. The van der Waals surface area contributed by atoms with Gasteiger partial charge in [-0.05, 0) is 31.0 Å². The molecule has 0 amide bonds. The van der Waals surface area contributed by atoms with Crippen molar-refractivity contribution >= 4 is 11.5 Å². The smallest absolute Gasteiger partial charge is 0.393 e. The van der Waals surface area contributed by atoms with Gasteiger partial charge in [0.05, 0.1) is 11.7 Å². The first-order chi connectivity index (χ1) is 9.29. The third-order valence-corrected chi connectivity index (χ3v) is 3.43. The van der Waals surface area contributed by atoms with Crippen LogP contribution in [-0.4, -0.2) is 30.1 Å². The number of hydrogen-bond donors (Lipinski definition) is 3. The van der Waals surface area contributed by atoms with E-state index in [4.69, 9.17) is 11.1 Å². The number of amidine groups is 1. The molecule has 0 aromatic heterocycles. The Kier molecular flexibility index (Phi) is 3.89. The van der Waals surface area contributed by atoms with E-state index in [-0.39, 0.29) is 11.7 Å². The van der Waals surface area contributed by atoms with E-state index in [1.165, 1.54) is 12.1 Å². The Morgan fingerprint density at radius 2 is 1.90 bits per heavy atom. The Hall–Kier alpha value is -1.76. The van der Waals surface area contributed by atoms with Crippen molar-refractivity contribution in [2.45, 2.75) is 25.1 Å². The lowest BCUT2D eigenvalue weighted by molar-refractivity contribution is -0.137. The molecule has 1 aromatic rings. The lowest BCUT2D eigenvalue weighted by Gasteiger charge is -2.32. The number of nitrogens with zero attached hydrogens (tertiary/aromatic N) is 1. The number of rotatable bonds is 2. The van der Waals surface area contributed by atoms with Crippen molar-refractivity contribution in [3.05, 3.63) is 29.3 Å². The molecule has 0 bridgehead atoms. The molecule has 2 rings (SSSR count). The molecule has 1 saturated heterocycles. The van der Waals surface area contributed by atoms with Crippen molar-refractivity contribution < 1.29 is 18.3 Å². The van der Waals surface area contributed by atoms with Crippen molar-refractivity contribution in [1.29, 1.82) is 5.41 Å². The van der Waals surface area contributed by atoms with Crippen LogP contribution < -0.4 is 10.6 Å². The van der Waals surface area contributed by atoms with Crippen molar-refractivity contribution in [3.8, 4) is 0 Å². The van der Waals surface area contributed by atoms with Gasteiger partial charge >= 0.3 is 6.18 Å². The molecule has 0 radical (unpaired) electrons. The van der Waals surface area contributed by atoms with E-state index in [0.717, 1.165) is 6.07 Å². The first kappa shape index (κ1) is 14.6. The molecule has 110 valence electrons. The molecule has 0 atom stereocenters. The van der Waals surface area contributed by atoms with Crippen molar-refractivity contribution in [2.24, 2.45) is 5.73 Å². The highest BCUT2D eigenvalue weighted by Crippen LogP contribution is 2.34. The van der Waals surface area contributed by atoms with Gasteiger partial charge in [0.25, 0.3) is 0 Å². The maximum atomic E-state index is 12.8. The average molecular weight is 287 g/mol. The summed E-state index contributed by atoms with van der Waals surface area (Å²) in [4.78, 5) is 1.89. The van der Waals surface area contributed by atoms with Crippen LogP contribution in [0, 0.1) is 5.41 Å². The lowest BCUT2D eigenvalue weighted by Crippen LogP contribution is -2.36. The molecule has 1 aromatic carbocycles. The van der Waals surface area contributed by atoms with Crippen LogP contribution in [0.15, 0.2) is 18.2 Å². The van der Waals surface area contributed by atoms with Gasteiger partial charge in [-0.25, -0.2) is 0 Å². The first-order valence-corrected chi connectivity index (χ1v) is 6.27. The second-order valence-electron chi connectivity index (χ2n) is 4.86. The molecule has 4 nitrogen and oxygen atoms in total. The van der Waals surface area contributed by atoms with Gasteiger partial charge in [0, 0.05) is 24.3 Å². The van der Waals surface area contributed by atoms with Crippen molar-refractivity contribution in [3.63, 3.8) is 0 Å². The van der Waals surface area contributed by atoms with E-state index >= 15 is 0 Å². The molecule has 0 unspecified atom stereocenters. The second-order valence-corrected chi connectivity index (χ2v) is 4.86. The largest absolute Gasteiger partial charge is 0.417 e. The van der Waals surface area contributed by atoms with Gasteiger partial charge in [-0.15, -0.1) is 0 Å². The lowest BCUT2D eigenvalue weighted by atomic mass is 10.0. The standard InChI is InChI=1S/C13H16F3N3O/c14-13(15,16)11-2-1-8(7-10(11)12(17)18)19-5-3-9(20)4-6-19/h1-2,7,9,20H,3-6H2,(H3,17,18). The number of benzene rings is 1. The van der Waals surface area contributed by atoms with Crippen LogP contribution in [0.25, 0.3) is 0 Å². The maximum Gasteiger partial charge on any atom is 0.417 e. The Labute approximate surface area is 114 Å². The minimum Gasteiger partial charge on any atom is -0.393 e. The van der Waals surface area contributed by atoms with Crippen LogP contribution >= 0.6 is 0 Å². The quantitative estimate of drug-likeness (QED) is 0.575. The molecular formula is C13H16F3N3O. The summed E-state index contributed by atoms with van der Waals surface area (Å²) in [5, 5.41) is 16.8. The molecule has 1 fully saturated rings. The zero-order chi connectivity index (χ0) is 14.9. The Balaban J connectivity index is 2.33. The van der Waals surface area contributed by atoms with Crippen molar-refractivity contribution in [2.75, 3.05) is 18.0 Å². The number of aliphatic hydroxyl groups is 1. The minimum absolute atomic E-state index is 0.305. The van der Waals surface area contributed by atoms with Gasteiger partial charge in [0.15, 0.2) is 0 Å².